The van der Waals surface area contributed by atoms with Gasteiger partial charge in [0, 0.05) is 6.04 Å². The van der Waals surface area contributed by atoms with E-state index in [-0.39, 0.29) is 0 Å². The topological polar surface area (TPSA) is 12.0 Å². The molecule has 0 spiro atoms. The van der Waals surface area contributed by atoms with Crippen molar-refractivity contribution in [1.29, 1.82) is 0 Å². The highest BCUT2D eigenvalue weighted by molar-refractivity contribution is 5.14. The van der Waals surface area contributed by atoms with Crippen LogP contribution in [-0.2, 0) is 6.42 Å². The molecule has 0 bridgehead atoms. The highest BCUT2D eigenvalue weighted by atomic mass is 14.9. The molecule has 1 aliphatic carbocycles. The third-order valence-corrected chi connectivity index (χ3v) is 3.96. The minimum atomic E-state index is 0.787. The Kier molecular flexibility index (Phi) is 5.06. The van der Waals surface area contributed by atoms with E-state index in [2.05, 4.69) is 42.6 Å². The molecule has 0 heterocycles. The summed E-state index contributed by atoms with van der Waals surface area (Å²) in [5.74, 6) is 0.938. The van der Waals surface area contributed by atoms with E-state index in [4.69, 9.17) is 0 Å². The lowest BCUT2D eigenvalue weighted by Gasteiger charge is -2.29. The molecule has 0 saturated heterocycles. The summed E-state index contributed by atoms with van der Waals surface area (Å²) in [6, 6.07) is 11.7. The van der Waals surface area contributed by atoms with Crippen molar-refractivity contribution in [2.75, 3.05) is 6.54 Å². The van der Waals surface area contributed by atoms with E-state index in [1.807, 2.05) is 0 Å². The van der Waals surface area contributed by atoms with E-state index in [1.54, 1.807) is 0 Å². The van der Waals surface area contributed by atoms with Crippen molar-refractivity contribution in [2.45, 2.75) is 51.5 Å². The second kappa shape index (κ2) is 6.80. The van der Waals surface area contributed by atoms with Crippen LogP contribution in [0.15, 0.2) is 30.3 Å². The Morgan fingerprint density at radius 2 is 2.00 bits per heavy atom. The minimum absolute atomic E-state index is 0.787. The number of benzene rings is 1. The summed E-state index contributed by atoms with van der Waals surface area (Å²) in [5.41, 5.74) is 1.50. The van der Waals surface area contributed by atoms with Gasteiger partial charge in [0.25, 0.3) is 0 Å². The fourth-order valence-electron chi connectivity index (χ4n) is 3.04. The smallest absolute Gasteiger partial charge is 0.00695 e. The summed E-state index contributed by atoms with van der Waals surface area (Å²) in [5, 5.41) is 3.61. The molecule has 94 valence electrons. The molecule has 1 N–H and O–H groups in total. The van der Waals surface area contributed by atoms with E-state index in [9.17, 15) is 0 Å². The average molecular weight is 231 g/mol. The molecule has 0 amide bonds. The summed E-state index contributed by atoms with van der Waals surface area (Å²) in [6.07, 6.45) is 8.25. The summed E-state index contributed by atoms with van der Waals surface area (Å²) in [6.45, 7) is 3.34. The van der Waals surface area contributed by atoms with E-state index < -0.39 is 0 Å². The van der Waals surface area contributed by atoms with Crippen LogP contribution < -0.4 is 5.32 Å². The van der Waals surface area contributed by atoms with Gasteiger partial charge in [-0.25, -0.2) is 0 Å². The molecule has 0 aromatic heterocycles. The fourth-order valence-corrected chi connectivity index (χ4v) is 3.04. The molecule has 1 fully saturated rings. The van der Waals surface area contributed by atoms with Crippen LogP contribution in [0.1, 0.15) is 44.6 Å². The zero-order valence-corrected chi connectivity index (χ0v) is 11.0. The van der Waals surface area contributed by atoms with Crippen LogP contribution in [-0.4, -0.2) is 12.6 Å². The van der Waals surface area contributed by atoms with Crippen molar-refractivity contribution >= 4 is 0 Å². The number of hydrogen-bond donors (Lipinski definition) is 1. The standard InChI is InChI=1S/C16H25N/c1-2-17-16-10-6-9-15(13-16)12-11-14-7-4-3-5-8-14/h3-5,7-8,15-17H,2,6,9-13H2,1H3. The van der Waals surface area contributed by atoms with Crippen molar-refractivity contribution in [3.05, 3.63) is 35.9 Å². The first kappa shape index (κ1) is 12.6. The van der Waals surface area contributed by atoms with Crippen LogP contribution in [0.2, 0.25) is 0 Å². The van der Waals surface area contributed by atoms with Crippen molar-refractivity contribution in [3.63, 3.8) is 0 Å². The largest absolute Gasteiger partial charge is 0.314 e. The lowest BCUT2D eigenvalue weighted by molar-refractivity contribution is 0.276. The third kappa shape index (κ3) is 4.16. The van der Waals surface area contributed by atoms with Crippen molar-refractivity contribution < 1.29 is 0 Å². The van der Waals surface area contributed by atoms with Crippen LogP contribution in [0.4, 0.5) is 0 Å². The lowest BCUT2D eigenvalue weighted by Crippen LogP contribution is -2.34. The van der Waals surface area contributed by atoms with Crippen molar-refractivity contribution in [1.82, 2.24) is 5.32 Å². The summed E-state index contributed by atoms with van der Waals surface area (Å²) < 4.78 is 0. The molecular formula is C16H25N. The highest BCUT2D eigenvalue weighted by Gasteiger charge is 2.20. The Morgan fingerprint density at radius 3 is 2.76 bits per heavy atom. The summed E-state index contributed by atoms with van der Waals surface area (Å²) in [4.78, 5) is 0. The molecule has 1 aromatic rings. The molecule has 2 unspecified atom stereocenters. The Bertz CT molecular complexity index is 305. The maximum absolute atomic E-state index is 3.61. The third-order valence-electron chi connectivity index (χ3n) is 3.96. The van der Waals surface area contributed by atoms with E-state index in [0.717, 1.165) is 18.5 Å². The van der Waals surface area contributed by atoms with Gasteiger partial charge in [-0.05, 0) is 43.7 Å². The Morgan fingerprint density at radius 1 is 1.18 bits per heavy atom. The maximum Gasteiger partial charge on any atom is 0.00695 e. The Labute approximate surface area is 106 Å². The summed E-state index contributed by atoms with van der Waals surface area (Å²) in [7, 11) is 0. The van der Waals surface area contributed by atoms with Gasteiger partial charge in [-0.2, -0.15) is 0 Å². The molecule has 1 saturated carbocycles. The number of nitrogens with one attached hydrogen (secondary N) is 1. The second-order valence-electron chi connectivity index (χ2n) is 5.31. The van der Waals surface area contributed by atoms with Crippen LogP contribution in [0.3, 0.4) is 0 Å². The first-order valence-corrected chi connectivity index (χ1v) is 7.15. The fraction of sp³-hybridized carbons (Fsp3) is 0.625. The van der Waals surface area contributed by atoms with Gasteiger partial charge in [0.2, 0.25) is 0 Å². The molecule has 1 aliphatic rings. The monoisotopic (exact) mass is 231 g/mol. The van der Waals surface area contributed by atoms with Gasteiger partial charge in [-0.3, -0.25) is 0 Å². The first-order chi connectivity index (χ1) is 8.38. The zero-order chi connectivity index (χ0) is 11.9. The predicted octanol–water partition coefficient (Wildman–Crippen LogP) is 3.79. The van der Waals surface area contributed by atoms with Gasteiger partial charge in [0.1, 0.15) is 0 Å². The number of rotatable bonds is 5. The van der Waals surface area contributed by atoms with Crippen LogP contribution in [0.25, 0.3) is 0 Å². The van der Waals surface area contributed by atoms with Gasteiger partial charge in [0.05, 0.1) is 0 Å². The van der Waals surface area contributed by atoms with E-state index >= 15 is 0 Å². The molecule has 1 nitrogen and oxygen atoms in total. The quantitative estimate of drug-likeness (QED) is 0.813. The van der Waals surface area contributed by atoms with Crippen LogP contribution >= 0.6 is 0 Å². The molecule has 0 aliphatic heterocycles. The Balaban J connectivity index is 1.75. The zero-order valence-electron chi connectivity index (χ0n) is 11.0. The lowest BCUT2D eigenvalue weighted by atomic mass is 9.82. The number of aryl methyl sites for hydroxylation is 1. The molecule has 0 radical (unpaired) electrons. The molecule has 2 atom stereocenters. The molecule has 1 aromatic carbocycles. The maximum atomic E-state index is 3.61. The van der Waals surface area contributed by atoms with Gasteiger partial charge < -0.3 is 5.32 Å². The van der Waals surface area contributed by atoms with Crippen molar-refractivity contribution in [2.24, 2.45) is 5.92 Å². The molecular weight excluding hydrogens is 206 g/mol. The van der Waals surface area contributed by atoms with E-state index in [0.29, 0.717) is 0 Å². The average Bonchev–Trinajstić information content (AvgIpc) is 2.39. The SMILES string of the molecule is CCNC1CCCC(CCc2ccccc2)C1. The van der Waals surface area contributed by atoms with Gasteiger partial charge in [-0.15, -0.1) is 0 Å². The molecule has 17 heavy (non-hydrogen) atoms. The van der Waals surface area contributed by atoms with Gasteiger partial charge in [-0.1, -0.05) is 50.1 Å². The van der Waals surface area contributed by atoms with E-state index in [1.165, 1.54) is 44.1 Å². The molecule has 1 heteroatoms. The first-order valence-electron chi connectivity index (χ1n) is 7.15. The Hall–Kier alpha value is -0.820. The van der Waals surface area contributed by atoms with Crippen LogP contribution in [0.5, 0.6) is 0 Å². The normalized spacial score (nSPS) is 24.8. The minimum Gasteiger partial charge on any atom is -0.314 e. The van der Waals surface area contributed by atoms with Gasteiger partial charge >= 0.3 is 0 Å². The predicted molar refractivity (Wildman–Crippen MR) is 74.2 cm³/mol. The van der Waals surface area contributed by atoms with Crippen LogP contribution in [0, 0.1) is 5.92 Å². The summed E-state index contributed by atoms with van der Waals surface area (Å²) >= 11 is 0. The van der Waals surface area contributed by atoms with Gasteiger partial charge in [0.15, 0.2) is 0 Å². The second-order valence-corrected chi connectivity index (χ2v) is 5.31. The number of hydrogen-bond acceptors (Lipinski definition) is 1. The van der Waals surface area contributed by atoms with Crippen molar-refractivity contribution in [3.8, 4) is 0 Å². The highest BCUT2D eigenvalue weighted by Crippen LogP contribution is 2.27. The molecule has 2 rings (SSSR count).